The standard InChI is InChI=1S/C29H37N7O2.ClH/c1-18-4-6-23(7-5-18)27(33-28(37)25-12-14-31-36(25)15-13-21-16-30-17-21)29(38)32-24-10-8-22(9-11-24)26-19(2)34-35-20(26)3;/h8-14,18,23,27,30H,4-7,15-17H2,1-3H3,(H,32,38)(H,33,37)(H,34,35);1H/t18?,23?,27-;/m0./s1. The highest BCUT2D eigenvalue weighted by atomic mass is 35.5. The van der Waals surface area contributed by atoms with Gasteiger partial charge in [0.15, 0.2) is 0 Å². The van der Waals surface area contributed by atoms with Crippen LogP contribution in [0.5, 0.6) is 0 Å². The molecular weight excluding hydrogens is 514 g/mol. The minimum atomic E-state index is -0.620. The van der Waals surface area contributed by atoms with E-state index in [1.54, 1.807) is 16.9 Å². The number of rotatable bonds is 8. The Morgan fingerprint density at radius 2 is 1.82 bits per heavy atom. The summed E-state index contributed by atoms with van der Waals surface area (Å²) in [6, 6.07) is 8.87. The van der Waals surface area contributed by atoms with Crippen molar-refractivity contribution in [3.8, 4) is 11.1 Å². The van der Waals surface area contributed by atoms with Crippen molar-refractivity contribution in [2.24, 2.45) is 11.8 Å². The van der Waals surface area contributed by atoms with E-state index < -0.39 is 6.04 Å². The van der Waals surface area contributed by atoms with Gasteiger partial charge in [-0.05, 0) is 67.9 Å². The zero-order valence-corrected chi connectivity index (χ0v) is 23.6. The molecule has 0 unspecified atom stereocenters. The third-order valence-corrected chi connectivity index (χ3v) is 7.88. The van der Waals surface area contributed by atoms with Gasteiger partial charge in [0.2, 0.25) is 5.91 Å². The molecule has 0 bridgehead atoms. The summed E-state index contributed by atoms with van der Waals surface area (Å²) in [5.74, 6) is 0.274. The van der Waals surface area contributed by atoms with Crippen LogP contribution in [0.2, 0.25) is 0 Å². The van der Waals surface area contributed by atoms with Crippen molar-refractivity contribution in [1.29, 1.82) is 0 Å². The molecule has 5 rings (SSSR count). The third kappa shape index (κ3) is 6.59. The number of anilines is 1. The number of benzene rings is 1. The Kier molecular flexibility index (Phi) is 9.24. The van der Waals surface area contributed by atoms with Crippen LogP contribution in [0.25, 0.3) is 11.1 Å². The van der Waals surface area contributed by atoms with Crippen molar-refractivity contribution in [1.82, 2.24) is 30.6 Å². The number of carbonyl (C=O) groups excluding carboxylic acids is 2. The lowest BCUT2D eigenvalue weighted by Gasteiger charge is -2.32. The van der Waals surface area contributed by atoms with Crippen molar-refractivity contribution in [2.45, 2.75) is 59.0 Å². The topological polar surface area (TPSA) is 117 Å². The molecule has 1 aliphatic heterocycles. The highest BCUT2D eigenvalue weighted by Gasteiger charge is 2.33. The van der Waals surface area contributed by atoms with E-state index in [-0.39, 0.29) is 30.1 Å². The van der Waals surface area contributed by atoms with Crippen LogP contribution in [-0.4, -0.2) is 50.9 Å². The Balaban J connectivity index is 0.00000353. The van der Waals surface area contributed by atoms with E-state index in [0.717, 1.165) is 61.3 Å². The van der Waals surface area contributed by atoms with E-state index in [1.807, 2.05) is 38.1 Å². The number of aromatic nitrogens is 4. The van der Waals surface area contributed by atoms with Gasteiger partial charge in [0.1, 0.15) is 11.7 Å². The van der Waals surface area contributed by atoms with E-state index >= 15 is 0 Å². The van der Waals surface area contributed by atoms with Gasteiger partial charge in [-0.3, -0.25) is 19.4 Å². The van der Waals surface area contributed by atoms with Crippen LogP contribution in [0, 0.1) is 25.7 Å². The quantitative estimate of drug-likeness (QED) is 0.309. The molecule has 3 aromatic rings. The monoisotopic (exact) mass is 551 g/mol. The molecule has 9 nitrogen and oxygen atoms in total. The predicted octanol–water partition coefficient (Wildman–Crippen LogP) is 4.40. The summed E-state index contributed by atoms with van der Waals surface area (Å²) in [5.41, 5.74) is 6.54. The second-order valence-electron chi connectivity index (χ2n) is 10.7. The van der Waals surface area contributed by atoms with E-state index in [4.69, 9.17) is 0 Å². The number of hydrogen-bond acceptors (Lipinski definition) is 5. The average molecular weight is 552 g/mol. The molecule has 4 N–H and O–H groups in total. The number of nitrogens with zero attached hydrogens (tertiary/aromatic N) is 3. The Hall–Kier alpha value is -3.43. The molecule has 39 heavy (non-hydrogen) atoms. The van der Waals surface area contributed by atoms with Crippen LogP contribution in [0.1, 0.15) is 54.5 Å². The lowest BCUT2D eigenvalue weighted by Crippen LogP contribution is -2.49. The summed E-state index contributed by atoms with van der Waals surface area (Å²) in [7, 11) is 0. The van der Waals surface area contributed by atoms with Crippen LogP contribution >= 0.6 is 12.4 Å². The molecule has 1 atom stereocenters. The number of halogens is 1. The molecule has 0 radical (unpaired) electrons. The number of H-pyrrole nitrogens is 1. The molecule has 2 fully saturated rings. The first-order valence-electron chi connectivity index (χ1n) is 13.5. The van der Waals surface area contributed by atoms with Gasteiger partial charge in [0.05, 0.1) is 12.2 Å². The fraction of sp³-hybridized carbons (Fsp3) is 0.448. The van der Waals surface area contributed by atoms with E-state index in [9.17, 15) is 9.59 Å². The fourth-order valence-electron chi connectivity index (χ4n) is 5.45. The van der Waals surface area contributed by atoms with Gasteiger partial charge in [0.25, 0.3) is 5.91 Å². The number of aryl methyl sites for hydroxylation is 2. The van der Waals surface area contributed by atoms with E-state index in [0.29, 0.717) is 23.8 Å². The van der Waals surface area contributed by atoms with Gasteiger partial charge in [-0.2, -0.15) is 10.2 Å². The van der Waals surface area contributed by atoms with E-state index in [1.165, 1.54) is 5.57 Å². The number of hydrogen-bond donors (Lipinski definition) is 4. The fourth-order valence-corrected chi connectivity index (χ4v) is 5.45. The molecule has 2 amide bonds. The Morgan fingerprint density at radius 1 is 1.10 bits per heavy atom. The maximum absolute atomic E-state index is 13.6. The number of nitrogens with one attached hydrogen (secondary N) is 4. The van der Waals surface area contributed by atoms with Gasteiger partial charge >= 0.3 is 0 Å². The highest BCUT2D eigenvalue weighted by molar-refractivity contribution is 6.00. The zero-order chi connectivity index (χ0) is 26.6. The third-order valence-electron chi connectivity index (χ3n) is 7.88. The molecule has 3 heterocycles. The van der Waals surface area contributed by atoms with Gasteiger partial charge in [-0.15, -0.1) is 12.4 Å². The maximum atomic E-state index is 13.6. The smallest absolute Gasteiger partial charge is 0.270 e. The first kappa shape index (κ1) is 28.6. The summed E-state index contributed by atoms with van der Waals surface area (Å²) in [6.07, 6.45) is 7.67. The zero-order valence-electron chi connectivity index (χ0n) is 22.8. The van der Waals surface area contributed by atoms with Crippen LogP contribution < -0.4 is 16.0 Å². The van der Waals surface area contributed by atoms with Gasteiger partial charge in [-0.1, -0.05) is 38.0 Å². The molecule has 1 saturated carbocycles. The maximum Gasteiger partial charge on any atom is 0.270 e. The number of carbonyl (C=O) groups is 2. The van der Waals surface area contributed by atoms with Gasteiger partial charge in [0, 0.05) is 36.2 Å². The van der Waals surface area contributed by atoms with Crippen molar-refractivity contribution >= 4 is 29.9 Å². The molecule has 0 spiro atoms. The average Bonchev–Trinajstić information content (AvgIpc) is 3.48. The van der Waals surface area contributed by atoms with Crippen LogP contribution in [0.15, 0.2) is 48.2 Å². The summed E-state index contributed by atoms with van der Waals surface area (Å²) < 4.78 is 1.69. The highest BCUT2D eigenvalue weighted by Crippen LogP contribution is 2.31. The Bertz CT molecular complexity index is 1290. The lowest BCUT2D eigenvalue weighted by molar-refractivity contribution is -0.119. The first-order valence-corrected chi connectivity index (χ1v) is 13.5. The van der Waals surface area contributed by atoms with Crippen molar-refractivity contribution in [2.75, 3.05) is 18.4 Å². The molecule has 1 aromatic carbocycles. The molecule has 208 valence electrons. The first-order chi connectivity index (χ1) is 18.4. The number of allylic oxidation sites excluding steroid dienone is 1. The lowest BCUT2D eigenvalue weighted by atomic mass is 9.79. The van der Waals surface area contributed by atoms with Gasteiger partial charge in [-0.25, -0.2) is 0 Å². The van der Waals surface area contributed by atoms with Crippen molar-refractivity contribution in [3.63, 3.8) is 0 Å². The Labute approximate surface area is 235 Å². The van der Waals surface area contributed by atoms with Crippen LogP contribution in [0.4, 0.5) is 5.69 Å². The van der Waals surface area contributed by atoms with Crippen molar-refractivity contribution in [3.05, 3.63) is 65.3 Å². The molecule has 1 aliphatic carbocycles. The number of aromatic amines is 1. The van der Waals surface area contributed by atoms with E-state index in [2.05, 4.69) is 44.2 Å². The molecule has 1 saturated heterocycles. The second-order valence-corrected chi connectivity index (χ2v) is 10.7. The minimum Gasteiger partial charge on any atom is -0.339 e. The largest absolute Gasteiger partial charge is 0.339 e. The van der Waals surface area contributed by atoms with Crippen LogP contribution in [0.3, 0.4) is 0 Å². The predicted molar refractivity (Wildman–Crippen MR) is 155 cm³/mol. The summed E-state index contributed by atoms with van der Waals surface area (Å²) in [6.45, 7) is 8.52. The molecule has 2 aromatic heterocycles. The normalized spacial score (nSPS) is 19.4. The van der Waals surface area contributed by atoms with Gasteiger partial charge < -0.3 is 16.0 Å². The summed E-state index contributed by atoms with van der Waals surface area (Å²) in [4.78, 5) is 27.0. The summed E-state index contributed by atoms with van der Waals surface area (Å²) >= 11 is 0. The molecule has 10 heteroatoms. The molecular formula is C29H38ClN7O2. The number of amides is 2. The second kappa shape index (κ2) is 12.6. The Morgan fingerprint density at radius 3 is 2.44 bits per heavy atom. The van der Waals surface area contributed by atoms with Crippen LogP contribution in [-0.2, 0) is 11.3 Å². The molecule has 2 aliphatic rings. The SMILES string of the molecule is Cc1n[nH]c(C)c1-c1ccc(NC(=O)[C@@H](NC(=O)c2ccnn2CC=C2CNC2)C2CCC(C)CC2)cc1.Cl. The van der Waals surface area contributed by atoms with Crippen molar-refractivity contribution < 1.29 is 9.59 Å². The minimum absolute atomic E-state index is 0. The summed E-state index contributed by atoms with van der Waals surface area (Å²) in [5, 5.41) is 21.0.